The highest BCUT2D eigenvalue weighted by molar-refractivity contribution is 5.66. The lowest BCUT2D eigenvalue weighted by atomic mass is 9.80. The van der Waals surface area contributed by atoms with Gasteiger partial charge in [-0.15, -0.1) is 0 Å². The van der Waals surface area contributed by atoms with E-state index in [0.717, 1.165) is 19.4 Å². The molecule has 2 rings (SSSR count). The Balaban J connectivity index is 1.94. The van der Waals surface area contributed by atoms with Crippen LogP contribution >= 0.6 is 0 Å². The molecule has 16 heavy (non-hydrogen) atoms. The molecule has 0 spiro atoms. The highest BCUT2D eigenvalue weighted by atomic mass is 16.6. The minimum Gasteiger partial charge on any atom is -0.502 e. The van der Waals surface area contributed by atoms with Gasteiger partial charge in [-0.05, 0) is 43.9 Å². The number of ether oxygens (including phenoxy) is 2. The van der Waals surface area contributed by atoms with Crippen molar-refractivity contribution in [3.05, 3.63) is 12.8 Å². The van der Waals surface area contributed by atoms with E-state index >= 15 is 0 Å². The van der Waals surface area contributed by atoms with E-state index in [1.807, 2.05) is 0 Å². The van der Waals surface area contributed by atoms with Gasteiger partial charge in [-0.3, -0.25) is 4.79 Å². The number of carbonyl (C=O) groups is 1. The molecule has 3 heteroatoms. The molecular formula is C13H20O3. The first kappa shape index (κ1) is 11.5. The maximum absolute atomic E-state index is 11.1. The van der Waals surface area contributed by atoms with Crippen molar-refractivity contribution in [2.24, 2.45) is 17.8 Å². The zero-order valence-electron chi connectivity index (χ0n) is 10.1. The molecule has 4 atom stereocenters. The standard InChI is InChI=1S/C13H20O3/c1-4-15-8-11-6-12-5-10(11)7-13(12,3)16-9(2)14/h4,10-12H,1,5-8H2,2-3H3. The monoisotopic (exact) mass is 224 g/mol. The second-order valence-corrected chi connectivity index (χ2v) is 5.30. The van der Waals surface area contributed by atoms with Gasteiger partial charge in [-0.2, -0.15) is 0 Å². The average Bonchev–Trinajstić information content (AvgIpc) is 2.69. The Morgan fingerprint density at radius 2 is 2.31 bits per heavy atom. The van der Waals surface area contributed by atoms with E-state index in [4.69, 9.17) is 9.47 Å². The van der Waals surface area contributed by atoms with Gasteiger partial charge < -0.3 is 9.47 Å². The Labute approximate surface area is 96.8 Å². The van der Waals surface area contributed by atoms with Gasteiger partial charge in [-0.25, -0.2) is 0 Å². The first-order chi connectivity index (χ1) is 7.55. The molecule has 0 saturated heterocycles. The summed E-state index contributed by atoms with van der Waals surface area (Å²) in [4.78, 5) is 11.1. The van der Waals surface area contributed by atoms with Gasteiger partial charge in [-0.1, -0.05) is 6.58 Å². The highest BCUT2D eigenvalue weighted by Gasteiger charge is 2.54. The first-order valence-corrected chi connectivity index (χ1v) is 5.97. The average molecular weight is 224 g/mol. The summed E-state index contributed by atoms with van der Waals surface area (Å²) in [7, 11) is 0. The lowest BCUT2D eigenvalue weighted by molar-refractivity contribution is -0.161. The fourth-order valence-electron chi connectivity index (χ4n) is 3.50. The van der Waals surface area contributed by atoms with E-state index < -0.39 is 0 Å². The predicted octanol–water partition coefficient (Wildman–Crippen LogP) is 2.51. The molecule has 2 bridgehead atoms. The van der Waals surface area contributed by atoms with Crippen LogP contribution in [0.4, 0.5) is 0 Å². The molecule has 0 aromatic heterocycles. The summed E-state index contributed by atoms with van der Waals surface area (Å²) in [5.41, 5.74) is -0.221. The summed E-state index contributed by atoms with van der Waals surface area (Å²) in [5, 5.41) is 0. The topological polar surface area (TPSA) is 35.5 Å². The van der Waals surface area contributed by atoms with Crippen LogP contribution in [-0.2, 0) is 14.3 Å². The summed E-state index contributed by atoms with van der Waals surface area (Å²) in [6.07, 6.45) is 4.79. The molecule has 90 valence electrons. The van der Waals surface area contributed by atoms with E-state index in [1.165, 1.54) is 19.6 Å². The van der Waals surface area contributed by atoms with Gasteiger partial charge in [0.1, 0.15) is 5.60 Å². The summed E-state index contributed by atoms with van der Waals surface area (Å²) in [6, 6.07) is 0. The van der Waals surface area contributed by atoms with E-state index in [9.17, 15) is 4.79 Å². The number of fused-ring (bicyclic) bond motifs is 2. The summed E-state index contributed by atoms with van der Waals surface area (Å²) in [5.74, 6) is 1.62. The van der Waals surface area contributed by atoms with Crippen LogP contribution in [0, 0.1) is 17.8 Å². The Bertz CT molecular complexity index is 300. The predicted molar refractivity (Wildman–Crippen MR) is 60.6 cm³/mol. The van der Waals surface area contributed by atoms with Crippen LogP contribution in [-0.4, -0.2) is 18.2 Å². The fourth-order valence-corrected chi connectivity index (χ4v) is 3.50. The minimum atomic E-state index is -0.221. The Kier molecular flexibility index (Phi) is 2.96. The zero-order valence-corrected chi connectivity index (χ0v) is 10.1. The molecule has 3 nitrogen and oxygen atoms in total. The minimum absolute atomic E-state index is 0.158. The Morgan fingerprint density at radius 3 is 2.81 bits per heavy atom. The molecule has 4 unspecified atom stereocenters. The third kappa shape index (κ3) is 1.95. The van der Waals surface area contributed by atoms with Crippen molar-refractivity contribution in [3.63, 3.8) is 0 Å². The number of carbonyl (C=O) groups excluding carboxylic acids is 1. The van der Waals surface area contributed by atoms with Crippen molar-refractivity contribution < 1.29 is 14.3 Å². The van der Waals surface area contributed by atoms with Gasteiger partial charge in [0.15, 0.2) is 0 Å². The number of esters is 1. The maximum Gasteiger partial charge on any atom is 0.303 e. The van der Waals surface area contributed by atoms with Crippen LogP contribution in [0.2, 0.25) is 0 Å². The van der Waals surface area contributed by atoms with Crippen LogP contribution < -0.4 is 0 Å². The lowest BCUT2D eigenvalue weighted by Gasteiger charge is -2.36. The normalized spacial score (nSPS) is 40.8. The van der Waals surface area contributed by atoms with Gasteiger partial charge in [0.05, 0.1) is 12.9 Å². The third-order valence-electron chi connectivity index (χ3n) is 4.18. The lowest BCUT2D eigenvalue weighted by Crippen LogP contribution is -2.39. The van der Waals surface area contributed by atoms with E-state index in [2.05, 4.69) is 13.5 Å². The van der Waals surface area contributed by atoms with Crippen LogP contribution in [0.5, 0.6) is 0 Å². The number of rotatable bonds is 4. The largest absolute Gasteiger partial charge is 0.502 e. The van der Waals surface area contributed by atoms with Crippen molar-refractivity contribution >= 4 is 5.97 Å². The molecule has 0 radical (unpaired) electrons. The van der Waals surface area contributed by atoms with Gasteiger partial charge in [0.25, 0.3) is 0 Å². The smallest absolute Gasteiger partial charge is 0.303 e. The number of hydrogen-bond donors (Lipinski definition) is 0. The van der Waals surface area contributed by atoms with Crippen molar-refractivity contribution in [1.82, 2.24) is 0 Å². The summed E-state index contributed by atoms with van der Waals surface area (Å²) >= 11 is 0. The quantitative estimate of drug-likeness (QED) is 0.543. The molecule has 0 aliphatic heterocycles. The van der Waals surface area contributed by atoms with Crippen LogP contribution in [0.15, 0.2) is 12.8 Å². The van der Waals surface area contributed by atoms with Crippen molar-refractivity contribution in [2.75, 3.05) is 6.61 Å². The third-order valence-corrected chi connectivity index (χ3v) is 4.18. The maximum atomic E-state index is 11.1. The van der Waals surface area contributed by atoms with E-state index in [-0.39, 0.29) is 11.6 Å². The van der Waals surface area contributed by atoms with Crippen molar-refractivity contribution in [1.29, 1.82) is 0 Å². The van der Waals surface area contributed by atoms with Crippen LogP contribution in [0.25, 0.3) is 0 Å². The second kappa shape index (κ2) is 4.11. The van der Waals surface area contributed by atoms with Crippen LogP contribution in [0.3, 0.4) is 0 Å². The van der Waals surface area contributed by atoms with Gasteiger partial charge in [0, 0.05) is 6.92 Å². The molecule has 0 N–H and O–H groups in total. The molecule has 2 fully saturated rings. The molecule has 0 aromatic carbocycles. The Morgan fingerprint density at radius 1 is 1.56 bits per heavy atom. The van der Waals surface area contributed by atoms with Gasteiger partial charge in [0.2, 0.25) is 0 Å². The molecule has 2 aliphatic carbocycles. The number of hydrogen-bond acceptors (Lipinski definition) is 3. The summed E-state index contributed by atoms with van der Waals surface area (Å²) < 4.78 is 10.8. The molecule has 2 saturated carbocycles. The molecule has 0 amide bonds. The zero-order chi connectivity index (χ0) is 11.8. The molecule has 0 aromatic rings. The van der Waals surface area contributed by atoms with Crippen molar-refractivity contribution in [3.8, 4) is 0 Å². The van der Waals surface area contributed by atoms with E-state index in [1.54, 1.807) is 0 Å². The van der Waals surface area contributed by atoms with Crippen LogP contribution in [0.1, 0.15) is 33.1 Å². The molecule has 2 aliphatic rings. The van der Waals surface area contributed by atoms with Gasteiger partial charge >= 0.3 is 5.97 Å². The Hall–Kier alpha value is -0.990. The van der Waals surface area contributed by atoms with Crippen molar-refractivity contribution in [2.45, 2.75) is 38.7 Å². The highest BCUT2D eigenvalue weighted by Crippen LogP contribution is 2.55. The van der Waals surface area contributed by atoms with E-state index in [0.29, 0.717) is 17.8 Å². The fraction of sp³-hybridized carbons (Fsp3) is 0.769. The first-order valence-electron chi connectivity index (χ1n) is 5.97. The molecular weight excluding hydrogens is 204 g/mol. The SMILES string of the molecule is C=COCC1CC2CC1CC2(C)OC(C)=O. The second-order valence-electron chi connectivity index (χ2n) is 5.30. The summed E-state index contributed by atoms with van der Waals surface area (Å²) in [6.45, 7) is 7.89. The molecule has 0 heterocycles.